The average Bonchev–Trinajstić information content (AvgIpc) is 3.15. The second-order valence-corrected chi connectivity index (χ2v) is 5.96. The predicted octanol–water partition coefficient (Wildman–Crippen LogP) is 5.43. The monoisotopic (exact) mass is 326 g/mol. The largest absolute Gasteiger partial charge is 0.462 e. The molecular weight excluding hydrogens is 316 g/mol. The molecule has 2 heterocycles. The van der Waals surface area contributed by atoms with Crippen molar-refractivity contribution in [2.45, 2.75) is 6.92 Å². The summed E-state index contributed by atoms with van der Waals surface area (Å²) >= 11 is 7.32. The Balaban J connectivity index is 1.93. The SMILES string of the molecule is Cc1ccc(/C=C(\C#N)c2nc(-c3ccc(Cl)cc3)cs2)o1. The summed E-state index contributed by atoms with van der Waals surface area (Å²) in [5.41, 5.74) is 2.28. The number of hydrogen-bond acceptors (Lipinski definition) is 4. The standard InChI is InChI=1S/C17H11ClN2OS/c1-11-2-7-15(21-11)8-13(9-19)17-20-16(10-22-17)12-3-5-14(18)6-4-12/h2-8,10H,1H3/b13-8+. The second kappa shape index (κ2) is 6.18. The average molecular weight is 327 g/mol. The zero-order chi connectivity index (χ0) is 15.5. The van der Waals surface area contributed by atoms with Crippen molar-refractivity contribution in [3.05, 3.63) is 63.3 Å². The molecule has 0 unspecified atom stereocenters. The Kier molecular flexibility index (Phi) is 4.10. The zero-order valence-electron chi connectivity index (χ0n) is 11.7. The highest BCUT2D eigenvalue weighted by Crippen LogP contribution is 2.28. The Bertz CT molecular complexity index is 869. The fourth-order valence-electron chi connectivity index (χ4n) is 1.97. The van der Waals surface area contributed by atoms with Gasteiger partial charge in [-0.25, -0.2) is 4.98 Å². The van der Waals surface area contributed by atoms with Crippen LogP contribution >= 0.6 is 22.9 Å². The van der Waals surface area contributed by atoms with Crippen molar-refractivity contribution in [3.8, 4) is 17.3 Å². The van der Waals surface area contributed by atoms with Crippen LogP contribution in [-0.4, -0.2) is 4.98 Å². The van der Waals surface area contributed by atoms with Crippen LogP contribution in [-0.2, 0) is 0 Å². The molecule has 108 valence electrons. The quantitative estimate of drug-likeness (QED) is 0.603. The Morgan fingerprint density at radius 1 is 1.27 bits per heavy atom. The summed E-state index contributed by atoms with van der Waals surface area (Å²) in [4.78, 5) is 4.53. The number of halogens is 1. The van der Waals surface area contributed by atoms with Gasteiger partial charge in [0.2, 0.25) is 0 Å². The van der Waals surface area contributed by atoms with E-state index in [-0.39, 0.29) is 0 Å². The first-order valence-electron chi connectivity index (χ1n) is 6.56. The van der Waals surface area contributed by atoms with Crippen molar-refractivity contribution >= 4 is 34.6 Å². The molecule has 0 atom stereocenters. The molecule has 1 aromatic carbocycles. The van der Waals surface area contributed by atoms with Crippen molar-refractivity contribution in [1.82, 2.24) is 4.98 Å². The summed E-state index contributed by atoms with van der Waals surface area (Å²) in [6.07, 6.45) is 1.71. The minimum atomic E-state index is 0.486. The number of aryl methyl sites for hydroxylation is 1. The van der Waals surface area contributed by atoms with Crippen LogP contribution in [0.1, 0.15) is 16.5 Å². The van der Waals surface area contributed by atoms with E-state index < -0.39 is 0 Å². The molecule has 0 saturated carbocycles. The molecule has 0 saturated heterocycles. The molecule has 0 N–H and O–H groups in total. The lowest BCUT2D eigenvalue weighted by atomic mass is 10.2. The van der Waals surface area contributed by atoms with Gasteiger partial charge in [0.05, 0.1) is 11.3 Å². The van der Waals surface area contributed by atoms with Crippen LogP contribution in [0.4, 0.5) is 0 Å². The fraction of sp³-hybridized carbons (Fsp3) is 0.0588. The highest BCUT2D eigenvalue weighted by molar-refractivity contribution is 7.11. The van der Waals surface area contributed by atoms with Crippen LogP contribution in [0.5, 0.6) is 0 Å². The highest BCUT2D eigenvalue weighted by Gasteiger charge is 2.10. The van der Waals surface area contributed by atoms with E-state index in [1.54, 1.807) is 6.08 Å². The van der Waals surface area contributed by atoms with Gasteiger partial charge in [-0.1, -0.05) is 23.7 Å². The highest BCUT2D eigenvalue weighted by atomic mass is 35.5. The molecule has 0 spiro atoms. The van der Waals surface area contributed by atoms with Crippen molar-refractivity contribution in [1.29, 1.82) is 5.26 Å². The van der Waals surface area contributed by atoms with Crippen molar-refractivity contribution < 1.29 is 4.42 Å². The number of nitriles is 1. The van der Waals surface area contributed by atoms with Gasteiger partial charge < -0.3 is 4.42 Å². The van der Waals surface area contributed by atoms with Crippen molar-refractivity contribution in [2.75, 3.05) is 0 Å². The Labute approximate surface area is 137 Å². The van der Waals surface area contributed by atoms with Gasteiger partial charge in [-0.05, 0) is 31.2 Å². The number of rotatable bonds is 3. The smallest absolute Gasteiger partial charge is 0.134 e. The normalized spacial score (nSPS) is 11.4. The van der Waals surface area contributed by atoms with E-state index in [0.29, 0.717) is 21.4 Å². The molecule has 3 aromatic rings. The van der Waals surface area contributed by atoms with Gasteiger partial charge in [-0.2, -0.15) is 5.26 Å². The van der Waals surface area contributed by atoms with E-state index in [1.807, 2.05) is 48.7 Å². The molecule has 2 aromatic heterocycles. The van der Waals surface area contributed by atoms with E-state index in [4.69, 9.17) is 16.0 Å². The number of nitrogens with zero attached hydrogens (tertiary/aromatic N) is 2. The third kappa shape index (κ3) is 3.11. The lowest BCUT2D eigenvalue weighted by molar-refractivity contribution is 0.525. The van der Waals surface area contributed by atoms with Crippen LogP contribution in [0.2, 0.25) is 5.02 Å². The number of aromatic nitrogens is 1. The molecule has 3 rings (SSSR count). The third-order valence-corrected chi connectivity index (χ3v) is 4.17. The van der Waals surface area contributed by atoms with E-state index in [2.05, 4.69) is 11.1 Å². The van der Waals surface area contributed by atoms with Gasteiger partial charge in [0.15, 0.2) is 0 Å². The summed E-state index contributed by atoms with van der Waals surface area (Å²) in [6.45, 7) is 1.87. The maximum atomic E-state index is 9.35. The van der Waals surface area contributed by atoms with E-state index in [1.165, 1.54) is 11.3 Å². The number of thiazole rings is 1. The summed E-state index contributed by atoms with van der Waals surface area (Å²) in [6, 6.07) is 13.3. The zero-order valence-corrected chi connectivity index (χ0v) is 13.3. The topological polar surface area (TPSA) is 49.8 Å². The molecule has 0 bridgehead atoms. The molecule has 0 fully saturated rings. The number of benzene rings is 1. The summed E-state index contributed by atoms with van der Waals surface area (Å²) in [5.74, 6) is 1.46. The lowest BCUT2D eigenvalue weighted by Gasteiger charge is -1.96. The van der Waals surface area contributed by atoms with Crippen molar-refractivity contribution in [3.63, 3.8) is 0 Å². The van der Waals surface area contributed by atoms with Crippen LogP contribution in [0, 0.1) is 18.3 Å². The van der Waals surface area contributed by atoms with E-state index in [9.17, 15) is 5.26 Å². The molecule has 5 heteroatoms. The molecule has 0 aliphatic heterocycles. The van der Waals surface area contributed by atoms with Gasteiger partial charge >= 0.3 is 0 Å². The van der Waals surface area contributed by atoms with Gasteiger partial charge in [0.1, 0.15) is 22.6 Å². The molecular formula is C17H11ClN2OS. The lowest BCUT2D eigenvalue weighted by Crippen LogP contribution is -1.82. The number of hydrogen-bond donors (Lipinski definition) is 0. The fourth-order valence-corrected chi connectivity index (χ4v) is 2.89. The minimum absolute atomic E-state index is 0.486. The Morgan fingerprint density at radius 2 is 2.05 bits per heavy atom. The van der Waals surface area contributed by atoms with E-state index >= 15 is 0 Å². The molecule has 0 aliphatic rings. The summed E-state index contributed by atoms with van der Waals surface area (Å²) in [5, 5.41) is 12.6. The third-order valence-electron chi connectivity index (χ3n) is 3.04. The van der Waals surface area contributed by atoms with Crippen LogP contribution in [0.3, 0.4) is 0 Å². The van der Waals surface area contributed by atoms with Gasteiger partial charge in [-0.15, -0.1) is 11.3 Å². The summed E-state index contributed by atoms with van der Waals surface area (Å²) in [7, 11) is 0. The maximum Gasteiger partial charge on any atom is 0.134 e. The second-order valence-electron chi connectivity index (χ2n) is 4.66. The summed E-state index contributed by atoms with van der Waals surface area (Å²) < 4.78 is 5.48. The molecule has 22 heavy (non-hydrogen) atoms. The Morgan fingerprint density at radius 3 is 2.68 bits per heavy atom. The van der Waals surface area contributed by atoms with Gasteiger partial charge in [0.25, 0.3) is 0 Å². The number of allylic oxidation sites excluding steroid dienone is 1. The first kappa shape index (κ1) is 14.6. The first-order chi connectivity index (χ1) is 10.7. The first-order valence-corrected chi connectivity index (χ1v) is 7.81. The van der Waals surface area contributed by atoms with Crippen molar-refractivity contribution in [2.24, 2.45) is 0 Å². The van der Waals surface area contributed by atoms with Crippen LogP contribution in [0.15, 0.2) is 46.2 Å². The van der Waals surface area contributed by atoms with Crippen LogP contribution in [0.25, 0.3) is 22.9 Å². The Hall–Kier alpha value is -2.35. The number of furan rings is 1. The molecule has 0 radical (unpaired) electrons. The molecule has 0 aliphatic carbocycles. The van der Waals surface area contributed by atoms with Gasteiger partial charge in [-0.3, -0.25) is 0 Å². The van der Waals surface area contributed by atoms with Crippen LogP contribution < -0.4 is 0 Å². The van der Waals surface area contributed by atoms with Gasteiger partial charge in [0, 0.05) is 22.0 Å². The predicted molar refractivity (Wildman–Crippen MR) is 89.5 cm³/mol. The molecule has 3 nitrogen and oxygen atoms in total. The molecule has 0 amide bonds. The minimum Gasteiger partial charge on any atom is -0.462 e. The maximum absolute atomic E-state index is 9.35. The van der Waals surface area contributed by atoms with E-state index in [0.717, 1.165) is 17.0 Å².